The van der Waals surface area contributed by atoms with Gasteiger partial charge in [0.25, 0.3) is 0 Å². The average Bonchev–Trinajstić information content (AvgIpc) is 2.60. The van der Waals surface area contributed by atoms with Gasteiger partial charge < -0.3 is 14.2 Å². The minimum absolute atomic E-state index is 0.312. The second kappa shape index (κ2) is 9.49. The number of benzene rings is 2. The molecule has 4 nitrogen and oxygen atoms in total. The molecular formula is C19H18BrClO4. The van der Waals surface area contributed by atoms with Gasteiger partial charge in [-0.15, -0.1) is 0 Å². The maximum atomic E-state index is 11.4. The average molecular weight is 426 g/mol. The Kier molecular flexibility index (Phi) is 7.34. The number of rotatable bonds is 7. The number of halogens is 2. The summed E-state index contributed by atoms with van der Waals surface area (Å²) < 4.78 is 16.9. The molecule has 0 aliphatic heterocycles. The highest BCUT2D eigenvalue weighted by Gasteiger charge is 2.12. The predicted octanol–water partition coefficient (Wildman–Crippen LogP) is 5.27. The summed E-state index contributed by atoms with van der Waals surface area (Å²) in [4.78, 5) is 11.4. The van der Waals surface area contributed by atoms with E-state index in [4.69, 9.17) is 25.8 Å². The largest absolute Gasteiger partial charge is 0.493 e. The van der Waals surface area contributed by atoms with E-state index in [1.54, 1.807) is 26.2 Å². The molecule has 0 spiro atoms. The van der Waals surface area contributed by atoms with Crippen LogP contribution in [0.15, 0.2) is 46.9 Å². The third-order valence-electron chi connectivity index (χ3n) is 3.28. The molecule has 0 atom stereocenters. The second-order valence-corrected chi connectivity index (χ2v) is 6.26. The van der Waals surface area contributed by atoms with Gasteiger partial charge in [0, 0.05) is 16.7 Å². The van der Waals surface area contributed by atoms with E-state index in [-0.39, 0.29) is 0 Å². The molecular weight excluding hydrogens is 408 g/mol. The zero-order valence-electron chi connectivity index (χ0n) is 13.9. The zero-order chi connectivity index (χ0) is 18.2. The molecule has 2 aromatic carbocycles. The minimum Gasteiger partial charge on any atom is -0.493 e. The summed E-state index contributed by atoms with van der Waals surface area (Å²) in [5, 5.41) is 0.645. The van der Waals surface area contributed by atoms with Crippen molar-refractivity contribution in [3.8, 4) is 11.5 Å². The molecule has 0 N–H and O–H groups in total. The van der Waals surface area contributed by atoms with Gasteiger partial charge in [-0.1, -0.05) is 29.8 Å². The zero-order valence-corrected chi connectivity index (χ0v) is 16.3. The lowest BCUT2D eigenvalue weighted by Crippen LogP contribution is -2.00. The van der Waals surface area contributed by atoms with Gasteiger partial charge in [-0.3, -0.25) is 0 Å². The van der Waals surface area contributed by atoms with Crippen LogP contribution in [-0.2, 0) is 16.1 Å². The van der Waals surface area contributed by atoms with Crippen molar-refractivity contribution in [2.24, 2.45) is 0 Å². The molecule has 0 bridgehead atoms. The summed E-state index contributed by atoms with van der Waals surface area (Å²) in [5.74, 6) is 0.720. The number of ether oxygens (including phenoxy) is 3. The van der Waals surface area contributed by atoms with E-state index in [0.717, 1.165) is 11.1 Å². The molecule has 0 saturated heterocycles. The van der Waals surface area contributed by atoms with Crippen molar-refractivity contribution in [1.82, 2.24) is 0 Å². The smallest absolute Gasteiger partial charge is 0.330 e. The molecule has 0 heterocycles. The van der Waals surface area contributed by atoms with Crippen LogP contribution in [0.2, 0.25) is 5.02 Å². The molecule has 0 amide bonds. The van der Waals surface area contributed by atoms with Gasteiger partial charge in [0.2, 0.25) is 0 Å². The van der Waals surface area contributed by atoms with E-state index >= 15 is 0 Å². The Morgan fingerprint density at radius 1 is 1.28 bits per heavy atom. The van der Waals surface area contributed by atoms with E-state index in [9.17, 15) is 4.79 Å². The van der Waals surface area contributed by atoms with Gasteiger partial charge in [0.1, 0.15) is 6.61 Å². The lowest BCUT2D eigenvalue weighted by Gasteiger charge is -2.14. The summed E-state index contributed by atoms with van der Waals surface area (Å²) in [6, 6.07) is 11.1. The van der Waals surface area contributed by atoms with Crippen molar-refractivity contribution >= 4 is 39.6 Å². The Morgan fingerprint density at radius 3 is 2.72 bits per heavy atom. The third-order valence-corrected chi connectivity index (χ3v) is 4.24. The topological polar surface area (TPSA) is 44.8 Å². The molecule has 6 heteroatoms. The van der Waals surface area contributed by atoms with Gasteiger partial charge in [0.05, 0.1) is 18.2 Å². The van der Waals surface area contributed by atoms with Crippen LogP contribution in [0.4, 0.5) is 0 Å². The van der Waals surface area contributed by atoms with E-state index in [1.165, 1.54) is 6.08 Å². The van der Waals surface area contributed by atoms with Crippen molar-refractivity contribution in [1.29, 1.82) is 0 Å². The molecule has 25 heavy (non-hydrogen) atoms. The van der Waals surface area contributed by atoms with Crippen LogP contribution in [-0.4, -0.2) is 19.7 Å². The van der Waals surface area contributed by atoms with Crippen LogP contribution >= 0.6 is 27.5 Å². The Hall–Kier alpha value is -1.98. The predicted molar refractivity (Wildman–Crippen MR) is 102 cm³/mol. The first kappa shape index (κ1) is 19.3. The maximum Gasteiger partial charge on any atom is 0.330 e. The summed E-state index contributed by atoms with van der Waals surface area (Å²) in [7, 11) is 1.56. The van der Waals surface area contributed by atoms with E-state index in [0.29, 0.717) is 34.2 Å². The van der Waals surface area contributed by atoms with Gasteiger partial charge in [0.15, 0.2) is 11.5 Å². The van der Waals surface area contributed by atoms with Crippen molar-refractivity contribution in [2.75, 3.05) is 13.7 Å². The van der Waals surface area contributed by atoms with E-state index < -0.39 is 5.97 Å². The number of hydrogen-bond acceptors (Lipinski definition) is 4. The van der Waals surface area contributed by atoms with Crippen LogP contribution in [0.3, 0.4) is 0 Å². The summed E-state index contributed by atoms with van der Waals surface area (Å²) in [6.07, 6.45) is 3.03. The Bertz CT molecular complexity index is 774. The molecule has 132 valence electrons. The standard InChI is InChI=1S/C19H18BrClO4/c1-3-24-18(22)9-8-13-10-15(20)19(17(11-13)23-2)25-12-14-6-4-5-7-16(14)21/h4-11H,3,12H2,1-2H3/b9-8+. The van der Waals surface area contributed by atoms with Crippen LogP contribution in [0.1, 0.15) is 18.1 Å². The molecule has 2 aromatic rings. The Morgan fingerprint density at radius 2 is 2.04 bits per heavy atom. The Labute approximate surface area is 160 Å². The number of carbonyl (C=O) groups is 1. The molecule has 0 fully saturated rings. The second-order valence-electron chi connectivity index (χ2n) is 5.00. The highest BCUT2D eigenvalue weighted by Crippen LogP contribution is 2.37. The van der Waals surface area contributed by atoms with Crippen LogP contribution in [0.25, 0.3) is 6.08 Å². The van der Waals surface area contributed by atoms with Crippen molar-refractivity contribution < 1.29 is 19.0 Å². The number of esters is 1. The molecule has 0 radical (unpaired) electrons. The highest BCUT2D eigenvalue weighted by atomic mass is 79.9. The molecule has 2 rings (SSSR count). The molecule has 0 aromatic heterocycles. The minimum atomic E-state index is -0.392. The fourth-order valence-electron chi connectivity index (χ4n) is 2.10. The lowest BCUT2D eigenvalue weighted by molar-refractivity contribution is -0.137. The SMILES string of the molecule is CCOC(=O)/C=C/c1cc(Br)c(OCc2ccccc2Cl)c(OC)c1. The van der Waals surface area contributed by atoms with E-state index in [2.05, 4.69) is 15.9 Å². The molecule has 0 aliphatic rings. The van der Waals surface area contributed by atoms with Crippen LogP contribution in [0.5, 0.6) is 11.5 Å². The summed E-state index contributed by atoms with van der Waals surface area (Å²) >= 11 is 9.63. The van der Waals surface area contributed by atoms with Crippen molar-refractivity contribution in [3.63, 3.8) is 0 Å². The first-order valence-corrected chi connectivity index (χ1v) is 8.80. The highest BCUT2D eigenvalue weighted by molar-refractivity contribution is 9.10. The monoisotopic (exact) mass is 424 g/mol. The Balaban J connectivity index is 2.19. The molecule has 0 saturated carbocycles. The number of methoxy groups -OCH3 is 1. The summed E-state index contributed by atoms with van der Waals surface area (Å²) in [6.45, 7) is 2.41. The fourth-order valence-corrected chi connectivity index (χ4v) is 2.86. The third kappa shape index (κ3) is 5.51. The normalized spacial score (nSPS) is 10.7. The van der Waals surface area contributed by atoms with Gasteiger partial charge in [-0.05, 0) is 52.7 Å². The lowest BCUT2D eigenvalue weighted by atomic mass is 10.2. The van der Waals surface area contributed by atoms with Gasteiger partial charge in [-0.2, -0.15) is 0 Å². The van der Waals surface area contributed by atoms with Crippen molar-refractivity contribution in [3.05, 3.63) is 63.1 Å². The van der Waals surface area contributed by atoms with E-state index in [1.807, 2.05) is 30.3 Å². The summed E-state index contributed by atoms with van der Waals surface area (Å²) in [5.41, 5.74) is 1.66. The van der Waals surface area contributed by atoms with Crippen molar-refractivity contribution in [2.45, 2.75) is 13.5 Å². The quantitative estimate of drug-likeness (QED) is 0.448. The number of hydrogen-bond donors (Lipinski definition) is 0. The van der Waals surface area contributed by atoms with Crippen LogP contribution < -0.4 is 9.47 Å². The fraction of sp³-hybridized carbons (Fsp3) is 0.211. The number of carbonyl (C=O) groups excluding carboxylic acids is 1. The molecule has 0 aliphatic carbocycles. The maximum absolute atomic E-state index is 11.4. The first-order chi connectivity index (χ1) is 12.0. The molecule has 0 unspecified atom stereocenters. The van der Waals surface area contributed by atoms with Gasteiger partial charge in [-0.25, -0.2) is 4.79 Å². The van der Waals surface area contributed by atoms with Gasteiger partial charge >= 0.3 is 5.97 Å². The first-order valence-electron chi connectivity index (χ1n) is 7.63. The van der Waals surface area contributed by atoms with Crippen LogP contribution in [0, 0.1) is 0 Å².